The minimum atomic E-state index is -0.323. The lowest BCUT2D eigenvalue weighted by Crippen LogP contribution is -2.00. The van der Waals surface area contributed by atoms with E-state index in [2.05, 4.69) is 15.1 Å². The van der Waals surface area contributed by atoms with Gasteiger partial charge in [0.2, 0.25) is 5.69 Å². The summed E-state index contributed by atoms with van der Waals surface area (Å²) >= 11 is 6.42. The highest BCUT2D eigenvalue weighted by Crippen LogP contribution is 2.39. The van der Waals surface area contributed by atoms with Gasteiger partial charge < -0.3 is 20.5 Å². The summed E-state index contributed by atoms with van der Waals surface area (Å²) in [6, 6.07) is 14.9. The molecular weight excluding hydrogens is 443 g/mol. The first-order chi connectivity index (χ1) is 16.0. The lowest BCUT2D eigenvalue weighted by atomic mass is 10.1. The highest BCUT2D eigenvalue weighted by Gasteiger charge is 2.14. The van der Waals surface area contributed by atoms with Crippen molar-refractivity contribution in [1.29, 1.82) is 0 Å². The molecule has 0 aliphatic rings. The molecule has 0 spiro atoms. The molecule has 0 aliphatic carbocycles. The maximum absolute atomic E-state index is 13.4. The van der Waals surface area contributed by atoms with Crippen LogP contribution in [0, 0.1) is 12.4 Å². The van der Waals surface area contributed by atoms with E-state index in [-0.39, 0.29) is 12.4 Å². The number of anilines is 3. The van der Waals surface area contributed by atoms with E-state index in [0.717, 1.165) is 0 Å². The third-order valence-corrected chi connectivity index (χ3v) is 5.18. The highest BCUT2D eigenvalue weighted by molar-refractivity contribution is 6.32. The van der Waals surface area contributed by atoms with Gasteiger partial charge in [-0.25, -0.2) is 9.24 Å². The van der Waals surface area contributed by atoms with Crippen molar-refractivity contribution in [3.05, 3.63) is 88.6 Å². The normalized spacial score (nSPS) is 10.6. The zero-order chi connectivity index (χ0) is 23.4. The van der Waals surface area contributed by atoms with Gasteiger partial charge >= 0.3 is 0 Å². The Bertz CT molecular complexity index is 1370. The zero-order valence-corrected chi connectivity index (χ0v) is 18.5. The quantitative estimate of drug-likeness (QED) is 0.231. The third kappa shape index (κ3) is 4.92. The fourth-order valence-corrected chi connectivity index (χ4v) is 3.59. The fourth-order valence-electron chi connectivity index (χ4n) is 3.35. The molecule has 0 fully saturated rings. The molecule has 1 heterocycles. The summed E-state index contributed by atoms with van der Waals surface area (Å²) in [5, 5.41) is 4.31. The van der Waals surface area contributed by atoms with E-state index in [1.165, 1.54) is 18.3 Å². The second-order valence-corrected chi connectivity index (χ2v) is 7.57. The van der Waals surface area contributed by atoms with Crippen LogP contribution in [0.1, 0.15) is 12.5 Å². The predicted molar refractivity (Wildman–Crippen MR) is 129 cm³/mol. The van der Waals surface area contributed by atoms with Gasteiger partial charge in [-0.1, -0.05) is 23.7 Å². The van der Waals surface area contributed by atoms with E-state index in [1.807, 2.05) is 6.92 Å². The number of aromatic nitrogens is 1. The Morgan fingerprint density at radius 3 is 2.70 bits per heavy atom. The van der Waals surface area contributed by atoms with Crippen LogP contribution in [0.5, 0.6) is 11.5 Å². The number of hydrogen-bond donors (Lipinski definition) is 2. The summed E-state index contributed by atoms with van der Waals surface area (Å²) in [5.74, 6) is 0.680. The van der Waals surface area contributed by atoms with Gasteiger partial charge in [-0.2, -0.15) is 0 Å². The minimum Gasteiger partial charge on any atom is -0.492 e. The molecule has 8 heteroatoms. The first-order valence-electron chi connectivity index (χ1n) is 10.1. The third-order valence-electron chi connectivity index (χ3n) is 4.88. The van der Waals surface area contributed by atoms with Crippen LogP contribution >= 0.6 is 11.6 Å². The highest BCUT2D eigenvalue weighted by atomic mass is 35.5. The average molecular weight is 463 g/mol. The Balaban J connectivity index is 1.61. The molecule has 0 unspecified atom stereocenters. The number of benzene rings is 3. The number of nitrogen functional groups attached to an aromatic ring is 1. The van der Waals surface area contributed by atoms with Crippen LogP contribution in [0.2, 0.25) is 5.02 Å². The Morgan fingerprint density at radius 2 is 1.97 bits per heavy atom. The smallest absolute Gasteiger partial charge is 0.228 e. The SMILES string of the molecule is [C-]#[N+]c1cnc2cc(OCC)c(N)cc2c1Nc1ccc(OCc2cccc(F)c2)c(Cl)c1. The number of rotatable bonds is 7. The van der Waals surface area contributed by atoms with Gasteiger partial charge in [-0.3, -0.25) is 4.98 Å². The molecule has 0 amide bonds. The van der Waals surface area contributed by atoms with Gasteiger partial charge in [0.15, 0.2) is 0 Å². The molecule has 0 aliphatic heterocycles. The van der Waals surface area contributed by atoms with Crippen LogP contribution in [-0.2, 0) is 6.61 Å². The number of ether oxygens (including phenoxy) is 2. The molecule has 3 N–H and O–H groups in total. The van der Waals surface area contributed by atoms with Gasteiger partial charge in [0.05, 0.1) is 35.1 Å². The van der Waals surface area contributed by atoms with Crippen molar-refractivity contribution < 1.29 is 13.9 Å². The van der Waals surface area contributed by atoms with E-state index in [0.29, 0.717) is 62.3 Å². The van der Waals surface area contributed by atoms with Crippen LogP contribution in [-0.4, -0.2) is 11.6 Å². The topological polar surface area (TPSA) is 73.8 Å². The van der Waals surface area contributed by atoms with E-state index in [9.17, 15) is 4.39 Å². The van der Waals surface area contributed by atoms with Crippen LogP contribution in [0.15, 0.2) is 60.8 Å². The van der Waals surface area contributed by atoms with Crippen LogP contribution in [0.25, 0.3) is 15.7 Å². The zero-order valence-electron chi connectivity index (χ0n) is 17.7. The Kier molecular flexibility index (Phi) is 6.48. The largest absolute Gasteiger partial charge is 0.492 e. The molecule has 0 saturated carbocycles. The number of nitrogens with two attached hydrogens (primary N) is 1. The van der Waals surface area contributed by atoms with Gasteiger partial charge in [0.1, 0.15) is 23.9 Å². The Labute approximate surface area is 195 Å². The number of hydrogen-bond acceptors (Lipinski definition) is 5. The molecule has 33 heavy (non-hydrogen) atoms. The first kappa shape index (κ1) is 22.2. The summed E-state index contributed by atoms with van der Waals surface area (Å²) in [6.45, 7) is 10.1. The summed E-state index contributed by atoms with van der Waals surface area (Å²) in [5.41, 5.74) is 9.50. The van der Waals surface area contributed by atoms with Crippen molar-refractivity contribution in [2.24, 2.45) is 0 Å². The standard InChI is InChI=1S/C25H20ClFN4O2/c1-3-32-24-12-21-18(11-20(24)28)25(22(29-2)13-30-21)31-17-7-8-23(19(26)10-17)33-14-15-5-4-6-16(27)9-15/h4-13H,3,14,28H2,1H3,(H,30,31). The second-order valence-electron chi connectivity index (χ2n) is 7.16. The Hall–Kier alpha value is -4.02. The van der Waals surface area contributed by atoms with Crippen LogP contribution in [0.3, 0.4) is 0 Å². The number of pyridine rings is 1. The maximum atomic E-state index is 13.4. The molecule has 1 aromatic heterocycles. The fraction of sp³-hybridized carbons (Fsp3) is 0.120. The van der Waals surface area contributed by atoms with Crippen molar-refractivity contribution in [3.8, 4) is 11.5 Å². The summed E-state index contributed by atoms with van der Waals surface area (Å²) < 4.78 is 24.6. The van der Waals surface area contributed by atoms with Gasteiger partial charge in [0.25, 0.3) is 0 Å². The molecule has 166 valence electrons. The van der Waals surface area contributed by atoms with E-state index >= 15 is 0 Å². The van der Waals surface area contributed by atoms with Crippen LogP contribution < -0.4 is 20.5 Å². The van der Waals surface area contributed by atoms with Crippen molar-refractivity contribution in [1.82, 2.24) is 4.98 Å². The van der Waals surface area contributed by atoms with Crippen molar-refractivity contribution >= 4 is 45.3 Å². The maximum Gasteiger partial charge on any atom is 0.228 e. The van der Waals surface area contributed by atoms with Crippen molar-refractivity contribution in [2.75, 3.05) is 17.7 Å². The number of nitrogens with zero attached hydrogens (tertiary/aromatic N) is 2. The average Bonchev–Trinajstić information content (AvgIpc) is 2.80. The minimum absolute atomic E-state index is 0.183. The summed E-state index contributed by atoms with van der Waals surface area (Å²) in [7, 11) is 0. The number of nitrogens with one attached hydrogen (secondary N) is 1. The van der Waals surface area contributed by atoms with Crippen LogP contribution in [0.4, 0.5) is 27.1 Å². The molecule has 0 saturated heterocycles. The molecule has 3 aromatic carbocycles. The lowest BCUT2D eigenvalue weighted by molar-refractivity contribution is 0.306. The molecule has 4 rings (SSSR count). The second kappa shape index (κ2) is 9.63. The van der Waals surface area contributed by atoms with E-state index in [4.69, 9.17) is 33.4 Å². The molecule has 0 radical (unpaired) electrons. The first-order valence-corrected chi connectivity index (χ1v) is 10.5. The monoisotopic (exact) mass is 462 g/mol. The van der Waals surface area contributed by atoms with Gasteiger partial charge in [-0.05, 0) is 48.9 Å². The predicted octanol–water partition coefficient (Wildman–Crippen LogP) is 6.88. The number of halogens is 2. The van der Waals surface area contributed by atoms with Crippen molar-refractivity contribution in [3.63, 3.8) is 0 Å². The molecular formula is C25H20ClFN4O2. The van der Waals surface area contributed by atoms with Gasteiger partial charge in [0, 0.05) is 23.3 Å². The van der Waals surface area contributed by atoms with E-state index in [1.54, 1.807) is 42.5 Å². The van der Waals surface area contributed by atoms with E-state index < -0.39 is 0 Å². The molecule has 6 nitrogen and oxygen atoms in total. The molecule has 4 aromatic rings. The Morgan fingerprint density at radius 1 is 1.12 bits per heavy atom. The van der Waals surface area contributed by atoms with Gasteiger partial charge in [-0.15, -0.1) is 0 Å². The summed E-state index contributed by atoms with van der Waals surface area (Å²) in [6.07, 6.45) is 1.50. The molecule has 0 bridgehead atoms. The summed E-state index contributed by atoms with van der Waals surface area (Å²) in [4.78, 5) is 7.95. The van der Waals surface area contributed by atoms with Crippen molar-refractivity contribution in [2.45, 2.75) is 13.5 Å². The molecule has 0 atom stereocenters. The number of fused-ring (bicyclic) bond motifs is 1. The lowest BCUT2D eigenvalue weighted by Gasteiger charge is -2.15.